The number of halogens is 2. The van der Waals surface area contributed by atoms with Crippen LogP contribution in [0.2, 0.25) is 10.0 Å². The summed E-state index contributed by atoms with van der Waals surface area (Å²) in [6.45, 7) is 2.88. The van der Waals surface area contributed by atoms with Gasteiger partial charge in [-0.05, 0) is 30.5 Å². The third kappa shape index (κ3) is 10.7. The van der Waals surface area contributed by atoms with Crippen LogP contribution in [0.4, 0.5) is 0 Å². The van der Waals surface area contributed by atoms with Gasteiger partial charge >= 0.3 is 11.9 Å². The number of esters is 2. The normalized spacial score (nSPS) is 10.6. The summed E-state index contributed by atoms with van der Waals surface area (Å²) < 4.78 is 10.3. The molecule has 0 amide bonds. The molecule has 26 heavy (non-hydrogen) atoms. The number of unbranched alkanes of at least 4 members (excludes halogenated alkanes) is 4. The zero-order chi connectivity index (χ0) is 19.2. The summed E-state index contributed by atoms with van der Waals surface area (Å²) >= 11 is 11.9. The van der Waals surface area contributed by atoms with Crippen LogP contribution < -0.4 is 0 Å². The number of rotatable bonds is 13. The fourth-order valence-electron chi connectivity index (χ4n) is 2.41. The van der Waals surface area contributed by atoms with E-state index in [9.17, 15) is 9.59 Å². The minimum Gasteiger partial charge on any atom is -0.466 e. The van der Waals surface area contributed by atoms with Crippen LogP contribution in [0.1, 0.15) is 63.9 Å². The molecule has 0 radical (unpaired) electrons. The molecule has 0 aliphatic heterocycles. The molecule has 1 aromatic rings. The van der Waals surface area contributed by atoms with Crippen LogP contribution in [0.5, 0.6) is 0 Å². The lowest BCUT2D eigenvalue weighted by Gasteiger charge is -2.07. The minimum atomic E-state index is -0.317. The van der Waals surface area contributed by atoms with E-state index in [4.69, 9.17) is 32.7 Å². The Morgan fingerprint density at radius 3 is 2.19 bits per heavy atom. The minimum absolute atomic E-state index is 0.208. The monoisotopic (exact) mass is 402 g/mol. The molecular weight excluding hydrogens is 375 g/mol. The first-order valence-electron chi connectivity index (χ1n) is 9.28. The van der Waals surface area contributed by atoms with Crippen LogP contribution in [0, 0.1) is 0 Å². The third-order valence-corrected chi connectivity index (χ3v) is 4.51. The highest BCUT2D eigenvalue weighted by Gasteiger charge is 2.08. The van der Waals surface area contributed by atoms with Gasteiger partial charge in [-0.3, -0.25) is 9.59 Å². The van der Waals surface area contributed by atoms with Crippen molar-refractivity contribution in [3.63, 3.8) is 0 Å². The lowest BCUT2D eigenvalue weighted by molar-refractivity contribution is -0.145. The quantitative estimate of drug-likeness (QED) is 0.310. The zero-order valence-electron chi connectivity index (χ0n) is 15.4. The molecule has 4 nitrogen and oxygen atoms in total. The van der Waals surface area contributed by atoms with Gasteiger partial charge in [0, 0.05) is 29.3 Å². The smallest absolute Gasteiger partial charge is 0.305 e. The van der Waals surface area contributed by atoms with E-state index in [-0.39, 0.29) is 31.4 Å². The Bertz CT molecular complexity index is 561. The molecule has 0 fully saturated rings. The van der Waals surface area contributed by atoms with Crippen LogP contribution in [-0.2, 0) is 25.5 Å². The number of hydrogen-bond donors (Lipinski definition) is 0. The van der Waals surface area contributed by atoms with E-state index < -0.39 is 0 Å². The molecule has 0 aliphatic carbocycles. The second kappa shape index (κ2) is 13.9. The van der Waals surface area contributed by atoms with Gasteiger partial charge in [-0.1, -0.05) is 61.9 Å². The largest absolute Gasteiger partial charge is 0.466 e. The topological polar surface area (TPSA) is 52.6 Å². The van der Waals surface area contributed by atoms with Gasteiger partial charge in [0.25, 0.3) is 0 Å². The molecule has 0 atom stereocenters. The van der Waals surface area contributed by atoms with Crippen molar-refractivity contribution in [1.29, 1.82) is 0 Å². The van der Waals surface area contributed by atoms with Crippen molar-refractivity contribution in [2.45, 2.75) is 64.7 Å². The van der Waals surface area contributed by atoms with E-state index in [2.05, 4.69) is 6.92 Å². The average molecular weight is 403 g/mol. The Morgan fingerprint density at radius 1 is 0.885 bits per heavy atom. The van der Waals surface area contributed by atoms with E-state index in [0.717, 1.165) is 18.4 Å². The summed E-state index contributed by atoms with van der Waals surface area (Å²) in [5.74, 6) is -0.566. The van der Waals surface area contributed by atoms with Gasteiger partial charge in [0.05, 0.1) is 13.2 Å². The molecule has 0 bridgehead atoms. The summed E-state index contributed by atoms with van der Waals surface area (Å²) in [6.07, 6.45) is 7.01. The van der Waals surface area contributed by atoms with Gasteiger partial charge in [-0.2, -0.15) is 0 Å². The molecule has 0 heterocycles. The first kappa shape index (κ1) is 22.8. The van der Waals surface area contributed by atoms with Crippen LogP contribution in [0.3, 0.4) is 0 Å². The van der Waals surface area contributed by atoms with Crippen molar-refractivity contribution in [3.8, 4) is 0 Å². The van der Waals surface area contributed by atoms with Gasteiger partial charge in [0.2, 0.25) is 0 Å². The van der Waals surface area contributed by atoms with Gasteiger partial charge in [-0.15, -0.1) is 0 Å². The zero-order valence-corrected chi connectivity index (χ0v) is 16.9. The molecular formula is C20H28Cl2O4. The highest BCUT2D eigenvalue weighted by Crippen LogP contribution is 2.21. The molecule has 0 saturated carbocycles. The second-order valence-corrected chi connectivity index (χ2v) is 7.04. The third-order valence-electron chi connectivity index (χ3n) is 3.92. The fourth-order valence-corrected chi connectivity index (χ4v) is 2.92. The molecule has 0 aromatic heterocycles. The van der Waals surface area contributed by atoms with E-state index in [1.807, 2.05) is 6.07 Å². The highest BCUT2D eigenvalue weighted by molar-refractivity contribution is 6.35. The molecule has 0 spiro atoms. The summed E-state index contributed by atoms with van der Waals surface area (Å²) in [4.78, 5) is 23.3. The van der Waals surface area contributed by atoms with Gasteiger partial charge < -0.3 is 9.47 Å². The highest BCUT2D eigenvalue weighted by atomic mass is 35.5. The summed E-state index contributed by atoms with van der Waals surface area (Å²) in [7, 11) is 0. The van der Waals surface area contributed by atoms with Gasteiger partial charge in [0.15, 0.2) is 0 Å². The predicted octanol–water partition coefficient (Wildman–Crippen LogP) is 5.76. The van der Waals surface area contributed by atoms with Crippen molar-refractivity contribution in [1.82, 2.24) is 0 Å². The van der Waals surface area contributed by atoms with Gasteiger partial charge in [-0.25, -0.2) is 0 Å². The van der Waals surface area contributed by atoms with E-state index in [1.54, 1.807) is 12.1 Å². The molecule has 6 heteroatoms. The fraction of sp³-hybridized carbons (Fsp3) is 0.600. The van der Waals surface area contributed by atoms with E-state index in [0.29, 0.717) is 29.5 Å². The summed E-state index contributed by atoms with van der Waals surface area (Å²) in [5.41, 5.74) is 0.881. The second-order valence-electron chi connectivity index (χ2n) is 6.19. The Morgan fingerprint density at radius 2 is 1.54 bits per heavy atom. The van der Waals surface area contributed by atoms with Crippen LogP contribution in [-0.4, -0.2) is 25.2 Å². The number of benzene rings is 1. The molecule has 146 valence electrons. The Kier molecular flexibility index (Phi) is 12.2. The predicted molar refractivity (Wildman–Crippen MR) is 105 cm³/mol. The maximum Gasteiger partial charge on any atom is 0.305 e. The van der Waals surface area contributed by atoms with Crippen molar-refractivity contribution in [2.75, 3.05) is 13.2 Å². The van der Waals surface area contributed by atoms with Crippen molar-refractivity contribution in [3.05, 3.63) is 33.8 Å². The number of carbonyl (C=O) groups excluding carboxylic acids is 2. The van der Waals surface area contributed by atoms with Gasteiger partial charge in [0.1, 0.15) is 0 Å². The number of carbonyl (C=O) groups is 2. The van der Waals surface area contributed by atoms with E-state index >= 15 is 0 Å². The number of hydrogen-bond acceptors (Lipinski definition) is 4. The molecule has 0 aliphatic rings. The van der Waals surface area contributed by atoms with Crippen molar-refractivity contribution in [2.24, 2.45) is 0 Å². The Labute approximate surface area is 166 Å². The average Bonchev–Trinajstić information content (AvgIpc) is 2.60. The van der Waals surface area contributed by atoms with Crippen LogP contribution in [0.15, 0.2) is 18.2 Å². The maximum atomic E-state index is 11.7. The SMILES string of the molecule is CCCCCCCOC(=O)CCCC(=O)OCCc1ccc(Cl)cc1Cl. The molecule has 0 N–H and O–H groups in total. The van der Waals surface area contributed by atoms with Crippen LogP contribution >= 0.6 is 23.2 Å². The Hall–Kier alpha value is -1.26. The molecule has 1 rings (SSSR count). The van der Waals surface area contributed by atoms with Crippen molar-refractivity contribution < 1.29 is 19.1 Å². The number of ether oxygens (including phenoxy) is 2. The maximum absolute atomic E-state index is 11.7. The Balaban J connectivity index is 2.04. The lowest BCUT2D eigenvalue weighted by Crippen LogP contribution is -2.10. The lowest BCUT2D eigenvalue weighted by atomic mass is 10.1. The first-order valence-corrected chi connectivity index (χ1v) is 10.0. The molecule has 1 aromatic carbocycles. The van der Waals surface area contributed by atoms with Crippen molar-refractivity contribution >= 4 is 35.1 Å². The first-order chi connectivity index (χ1) is 12.5. The summed E-state index contributed by atoms with van der Waals surface area (Å²) in [6, 6.07) is 5.23. The summed E-state index contributed by atoms with van der Waals surface area (Å²) in [5, 5.41) is 1.13. The molecule has 0 unspecified atom stereocenters. The van der Waals surface area contributed by atoms with E-state index in [1.165, 1.54) is 19.3 Å². The molecule has 0 saturated heterocycles. The standard InChI is InChI=1S/C20H28Cl2O4/c1-2-3-4-5-6-13-25-19(23)8-7-9-20(24)26-14-12-16-10-11-17(21)15-18(16)22/h10-11,15H,2-9,12-14H2,1H3. The van der Waals surface area contributed by atoms with Crippen LogP contribution in [0.25, 0.3) is 0 Å².